The average Bonchev–Trinajstić information content (AvgIpc) is 3.15. The molecule has 6 rings (SSSR count). The molecule has 2 aliphatic heterocycles. The molecule has 4 aromatic rings. The van der Waals surface area contributed by atoms with Crippen molar-refractivity contribution in [2.45, 2.75) is 50.1 Å². The predicted molar refractivity (Wildman–Crippen MR) is 166 cm³/mol. The second-order valence-corrected chi connectivity index (χ2v) is 12.1. The van der Waals surface area contributed by atoms with Crippen molar-refractivity contribution in [1.82, 2.24) is 9.58 Å². The van der Waals surface area contributed by atoms with Crippen molar-refractivity contribution in [3.8, 4) is 11.5 Å². The van der Waals surface area contributed by atoms with Gasteiger partial charge in [-0.1, -0.05) is 54.1 Å². The summed E-state index contributed by atoms with van der Waals surface area (Å²) >= 11 is 8.49. The molecule has 0 bridgehead atoms. The first kappa shape index (κ1) is 28.9. The van der Waals surface area contributed by atoms with Crippen LogP contribution in [0.4, 0.5) is 0 Å². The monoisotopic (exact) mass is 615 g/mol. The Balaban J connectivity index is 1.47. The van der Waals surface area contributed by atoms with E-state index < -0.39 is 5.97 Å². The third-order valence-corrected chi connectivity index (χ3v) is 9.07. The Morgan fingerprint density at radius 3 is 2.49 bits per heavy atom. The molecule has 43 heavy (non-hydrogen) atoms. The number of thioether (sulfide) groups is 1. The topological polar surface area (TPSA) is 81.1 Å². The average molecular weight is 616 g/mol. The van der Waals surface area contributed by atoms with Gasteiger partial charge in [-0.25, -0.2) is 0 Å². The molecule has 2 aliphatic rings. The van der Waals surface area contributed by atoms with Crippen LogP contribution in [0.5, 0.6) is 11.5 Å². The molecular weight excluding hydrogens is 586 g/mol. The van der Waals surface area contributed by atoms with Gasteiger partial charge in [-0.15, -0.1) is 11.8 Å². The number of carbonyl (C=O) groups excluding carboxylic acids is 2. The summed E-state index contributed by atoms with van der Waals surface area (Å²) in [5, 5.41) is 2.80. The van der Waals surface area contributed by atoms with Crippen LogP contribution in [0, 0.1) is 0 Å². The maximum Gasteiger partial charge on any atom is 0.308 e. The Kier molecular flexibility index (Phi) is 7.94. The number of benzene rings is 3. The Morgan fingerprint density at radius 2 is 1.74 bits per heavy atom. The molecule has 1 atom stereocenters. The number of nitrogens with zero attached hydrogens (tertiary/aromatic N) is 3. The number of halogens is 1. The number of ether oxygens (including phenoxy) is 2. The van der Waals surface area contributed by atoms with E-state index in [1.165, 1.54) is 13.0 Å². The number of pyridine rings is 1. The van der Waals surface area contributed by atoms with Gasteiger partial charge in [-0.3, -0.25) is 24.1 Å². The lowest BCUT2D eigenvalue weighted by Gasteiger charge is -2.45. The summed E-state index contributed by atoms with van der Waals surface area (Å²) in [5.74, 6) is 0.408. The minimum Gasteiger partial charge on any atom is -0.482 e. The fourth-order valence-corrected chi connectivity index (χ4v) is 6.99. The predicted octanol–water partition coefficient (Wildman–Crippen LogP) is 6.16. The number of esters is 1. The van der Waals surface area contributed by atoms with E-state index in [1.807, 2.05) is 38.1 Å². The van der Waals surface area contributed by atoms with Gasteiger partial charge in [0.1, 0.15) is 19.0 Å². The van der Waals surface area contributed by atoms with Gasteiger partial charge in [-0.05, 0) is 60.4 Å². The third kappa shape index (κ3) is 5.50. The molecule has 0 saturated heterocycles. The van der Waals surface area contributed by atoms with Crippen molar-refractivity contribution in [3.05, 3.63) is 122 Å². The standard InChI is InChI=1S/C33H30ClN3O5S/c1-20(2)35-19-37(30-24-8-6-9-27(34)26(24)18-43-29-10-5-4-7-25(29)30)36-16-15-28(39)32(31(36)33(35)40)41-17-22-11-13-23(14-12-22)42-21(3)38/h4-16,20,30H,17-19H2,1-3H3/t30-/m0/s1. The molecule has 0 unspecified atom stereocenters. The fourth-order valence-electron chi connectivity index (χ4n) is 5.52. The number of fused-ring (bicyclic) bond motifs is 3. The zero-order valence-electron chi connectivity index (χ0n) is 24.0. The molecule has 3 aromatic carbocycles. The minimum absolute atomic E-state index is 0.0190. The van der Waals surface area contributed by atoms with Crippen molar-refractivity contribution in [2.24, 2.45) is 0 Å². The van der Waals surface area contributed by atoms with E-state index in [0.717, 1.165) is 27.1 Å². The highest BCUT2D eigenvalue weighted by molar-refractivity contribution is 7.98. The van der Waals surface area contributed by atoms with Crippen LogP contribution in [0.25, 0.3) is 0 Å². The molecule has 8 nitrogen and oxygen atoms in total. The van der Waals surface area contributed by atoms with Crippen molar-refractivity contribution < 1.29 is 19.1 Å². The largest absolute Gasteiger partial charge is 0.482 e. The van der Waals surface area contributed by atoms with Crippen molar-refractivity contribution in [3.63, 3.8) is 0 Å². The summed E-state index contributed by atoms with van der Waals surface area (Å²) in [6.07, 6.45) is 1.65. The first-order chi connectivity index (χ1) is 20.7. The maximum absolute atomic E-state index is 14.0. The smallest absolute Gasteiger partial charge is 0.308 e. The maximum atomic E-state index is 14.0. The van der Waals surface area contributed by atoms with Crippen LogP contribution in [0.15, 0.2) is 88.7 Å². The molecule has 0 radical (unpaired) electrons. The zero-order valence-corrected chi connectivity index (χ0v) is 25.5. The van der Waals surface area contributed by atoms with Crippen molar-refractivity contribution in [2.75, 3.05) is 11.7 Å². The van der Waals surface area contributed by atoms with Crippen LogP contribution in [-0.4, -0.2) is 34.2 Å². The van der Waals surface area contributed by atoms with Crippen LogP contribution in [0.1, 0.15) is 59.6 Å². The first-order valence-electron chi connectivity index (χ1n) is 14.0. The number of aromatic nitrogens is 1. The fraction of sp³-hybridized carbons (Fsp3) is 0.242. The van der Waals surface area contributed by atoms with Crippen LogP contribution in [0.3, 0.4) is 0 Å². The Labute approximate surface area is 258 Å². The van der Waals surface area contributed by atoms with Crippen LogP contribution < -0.4 is 19.9 Å². The molecule has 0 N–H and O–H groups in total. The second kappa shape index (κ2) is 11.8. The van der Waals surface area contributed by atoms with E-state index in [9.17, 15) is 14.4 Å². The van der Waals surface area contributed by atoms with Crippen LogP contribution >= 0.6 is 23.4 Å². The number of hydrogen-bond donors (Lipinski definition) is 0. The normalized spacial score (nSPS) is 15.8. The van der Waals surface area contributed by atoms with E-state index in [1.54, 1.807) is 51.8 Å². The molecule has 0 fully saturated rings. The van der Waals surface area contributed by atoms with Gasteiger partial charge in [0, 0.05) is 40.9 Å². The molecule has 1 aromatic heterocycles. The number of amides is 1. The molecule has 3 heterocycles. The van der Waals surface area contributed by atoms with Gasteiger partial charge in [0.2, 0.25) is 5.43 Å². The van der Waals surface area contributed by atoms with E-state index in [-0.39, 0.29) is 41.5 Å². The number of carbonyl (C=O) groups is 2. The van der Waals surface area contributed by atoms with Gasteiger partial charge in [-0.2, -0.15) is 0 Å². The van der Waals surface area contributed by atoms with E-state index in [2.05, 4.69) is 23.2 Å². The summed E-state index contributed by atoms with van der Waals surface area (Å²) in [4.78, 5) is 41.4. The summed E-state index contributed by atoms with van der Waals surface area (Å²) in [6, 6.07) is 22.0. The SMILES string of the molecule is CC(=O)Oc1ccc(COc2c3n(ccc2=O)N([C@@H]2c4ccccc4SCc4c(Cl)cccc42)CN(C(C)C)C3=O)cc1. The highest BCUT2D eigenvalue weighted by Gasteiger charge is 2.40. The Hall–Kier alpha value is -4.21. The molecule has 0 saturated carbocycles. The van der Waals surface area contributed by atoms with Crippen molar-refractivity contribution in [1.29, 1.82) is 0 Å². The van der Waals surface area contributed by atoms with Gasteiger partial charge >= 0.3 is 5.97 Å². The molecule has 0 aliphatic carbocycles. The van der Waals surface area contributed by atoms with Gasteiger partial charge < -0.3 is 14.4 Å². The summed E-state index contributed by atoms with van der Waals surface area (Å²) in [6.45, 7) is 5.59. The quantitative estimate of drug-likeness (QED) is 0.190. The minimum atomic E-state index is -0.412. The van der Waals surface area contributed by atoms with Gasteiger partial charge in [0.15, 0.2) is 11.4 Å². The molecule has 1 amide bonds. The number of hydrogen-bond acceptors (Lipinski definition) is 7. The van der Waals surface area contributed by atoms with E-state index >= 15 is 0 Å². The van der Waals surface area contributed by atoms with Crippen LogP contribution in [0.2, 0.25) is 5.02 Å². The van der Waals surface area contributed by atoms with Gasteiger partial charge in [0.05, 0.1) is 6.04 Å². The highest BCUT2D eigenvalue weighted by atomic mass is 35.5. The lowest BCUT2D eigenvalue weighted by Crippen LogP contribution is -2.57. The highest BCUT2D eigenvalue weighted by Crippen LogP contribution is 2.44. The van der Waals surface area contributed by atoms with Crippen LogP contribution in [-0.2, 0) is 17.2 Å². The second-order valence-electron chi connectivity index (χ2n) is 10.7. The zero-order chi connectivity index (χ0) is 30.2. The lowest BCUT2D eigenvalue weighted by molar-refractivity contribution is -0.131. The van der Waals surface area contributed by atoms with E-state index in [4.69, 9.17) is 21.1 Å². The van der Waals surface area contributed by atoms with Crippen molar-refractivity contribution >= 4 is 35.2 Å². The summed E-state index contributed by atoms with van der Waals surface area (Å²) in [7, 11) is 0. The molecule has 220 valence electrons. The third-order valence-electron chi connectivity index (χ3n) is 7.60. The number of rotatable bonds is 6. The molecule has 10 heteroatoms. The van der Waals surface area contributed by atoms with Gasteiger partial charge in [0.25, 0.3) is 5.91 Å². The molecular formula is C33H30ClN3O5S. The first-order valence-corrected chi connectivity index (χ1v) is 15.3. The molecule has 0 spiro atoms. The lowest BCUT2D eigenvalue weighted by atomic mass is 9.94. The Morgan fingerprint density at radius 1 is 1.00 bits per heavy atom. The Bertz CT molecular complexity index is 1770. The summed E-state index contributed by atoms with van der Waals surface area (Å²) < 4.78 is 13.0. The van der Waals surface area contributed by atoms with E-state index in [0.29, 0.717) is 23.2 Å². The summed E-state index contributed by atoms with van der Waals surface area (Å²) in [5.41, 5.74) is 3.70.